The van der Waals surface area contributed by atoms with Crippen molar-refractivity contribution in [1.29, 1.82) is 0 Å². The molecule has 102 valence electrons. The van der Waals surface area contributed by atoms with E-state index in [0.717, 1.165) is 13.1 Å². The summed E-state index contributed by atoms with van der Waals surface area (Å²) in [6.45, 7) is 1.73. The van der Waals surface area contributed by atoms with E-state index < -0.39 is 0 Å². The van der Waals surface area contributed by atoms with Crippen LogP contribution in [0.5, 0.6) is 0 Å². The van der Waals surface area contributed by atoms with E-state index in [1.54, 1.807) is 19.2 Å². The van der Waals surface area contributed by atoms with Crippen LogP contribution < -0.4 is 5.32 Å². The number of nitrogens with zero attached hydrogens (tertiary/aromatic N) is 2. The van der Waals surface area contributed by atoms with E-state index in [9.17, 15) is 4.79 Å². The third-order valence-electron chi connectivity index (χ3n) is 4.32. The van der Waals surface area contributed by atoms with E-state index in [1.165, 1.54) is 19.3 Å². The van der Waals surface area contributed by atoms with Crippen LogP contribution in [-0.4, -0.2) is 35.9 Å². The van der Waals surface area contributed by atoms with Crippen LogP contribution in [0.25, 0.3) is 0 Å². The van der Waals surface area contributed by atoms with Gasteiger partial charge in [0.25, 0.3) is 5.91 Å². The van der Waals surface area contributed by atoms with Gasteiger partial charge in [0.05, 0.1) is 5.02 Å². The third-order valence-corrected chi connectivity index (χ3v) is 4.62. The van der Waals surface area contributed by atoms with Crippen molar-refractivity contribution in [3.8, 4) is 0 Å². The monoisotopic (exact) mass is 279 g/mol. The predicted molar refractivity (Wildman–Crippen MR) is 75.5 cm³/mol. The van der Waals surface area contributed by atoms with Gasteiger partial charge in [-0.3, -0.25) is 4.79 Å². The molecule has 0 aromatic carbocycles. The minimum atomic E-state index is -0.0310. The van der Waals surface area contributed by atoms with E-state index in [0.29, 0.717) is 28.4 Å². The molecular weight excluding hydrogens is 262 g/mol. The van der Waals surface area contributed by atoms with Gasteiger partial charge in [0.1, 0.15) is 11.5 Å². The second-order valence-electron chi connectivity index (χ2n) is 5.44. The molecule has 2 fully saturated rings. The predicted octanol–water partition coefficient (Wildman–Crippen LogP) is 2.65. The molecule has 2 unspecified atom stereocenters. The molecule has 1 amide bonds. The highest BCUT2D eigenvalue weighted by Crippen LogP contribution is 2.38. The Kier molecular flexibility index (Phi) is 3.35. The molecule has 1 aliphatic heterocycles. The average molecular weight is 280 g/mol. The fourth-order valence-electron chi connectivity index (χ4n) is 3.28. The van der Waals surface area contributed by atoms with E-state index in [2.05, 4.69) is 10.3 Å². The molecule has 3 rings (SSSR count). The van der Waals surface area contributed by atoms with Crippen LogP contribution in [0.3, 0.4) is 0 Å². The molecule has 2 atom stereocenters. The van der Waals surface area contributed by atoms with E-state index in [1.807, 2.05) is 4.90 Å². The first-order valence-electron chi connectivity index (χ1n) is 6.82. The summed E-state index contributed by atoms with van der Waals surface area (Å²) in [5, 5.41) is 3.37. The Hall–Kier alpha value is -1.29. The van der Waals surface area contributed by atoms with Crippen LogP contribution in [0.2, 0.25) is 5.02 Å². The fourth-order valence-corrected chi connectivity index (χ4v) is 3.47. The van der Waals surface area contributed by atoms with Crippen molar-refractivity contribution in [3.63, 3.8) is 0 Å². The zero-order valence-corrected chi connectivity index (χ0v) is 11.8. The average Bonchev–Trinajstić information content (AvgIpc) is 2.99. The fraction of sp³-hybridized carbons (Fsp3) is 0.571. The lowest BCUT2D eigenvalue weighted by molar-refractivity contribution is 0.0775. The molecule has 4 nitrogen and oxygen atoms in total. The van der Waals surface area contributed by atoms with Gasteiger partial charge in [-0.25, -0.2) is 4.98 Å². The number of carbonyl (C=O) groups excluding carboxylic acids is 1. The molecule has 1 aromatic heterocycles. The number of amides is 1. The molecule has 5 heteroatoms. The molecule has 1 aliphatic carbocycles. The van der Waals surface area contributed by atoms with Gasteiger partial charge in [-0.15, -0.1) is 0 Å². The molecule has 0 spiro atoms. The standard InChI is InChI=1S/C14H18ClN3O/c1-16-12-6-5-11(15)13(17-12)14(19)18-7-9-3-2-4-10(9)8-18/h5-6,9-10H,2-4,7-8H2,1H3,(H,16,17). The lowest BCUT2D eigenvalue weighted by atomic mass is 10.0. The summed E-state index contributed by atoms with van der Waals surface area (Å²) in [5.41, 5.74) is 0.369. The number of likely N-dealkylation sites (tertiary alicyclic amines) is 1. The highest BCUT2D eigenvalue weighted by molar-refractivity contribution is 6.33. The summed E-state index contributed by atoms with van der Waals surface area (Å²) in [4.78, 5) is 18.7. The van der Waals surface area contributed by atoms with Crippen LogP contribution in [0.1, 0.15) is 29.8 Å². The Balaban J connectivity index is 1.80. The zero-order valence-electron chi connectivity index (χ0n) is 11.0. The molecule has 0 radical (unpaired) electrons. The number of hydrogen-bond acceptors (Lipinski definition) is 3. The van der Waals surface area contributed by atoms with Crippen LogP contribution in [0.15, 0.2) is 12.1 Å². The summed E-state index contributed by atoms with van der Waals surface area (Å²) < 4.78 is 0. The maximum atomic E-state index is 12.5. The SMILES string of the molecule is CNc1ccc(Cl)c(C(=O)N2CC3CCCC3C2)n1. The van der Waals surface area contributed by atoms with Gasteiger partial charge in [-0.2, -0.15) is 0 Å². The normalized spacial score (nSPS) is 25.5. The molecule has 2 heterocycles. The van der Waals surface area contributed by atoms with Gasteiger partial charge in [0, 0.05) is 20.1 Å². The lowest BCUT2D eigenvalue weighted by Gasteiger charge is -2.17. The molecule has 1 saturated heterocycles. The molecule has 1 aromatic rings. The molecular formula is C14H18ClN3O. The highest BCUT2D eigenvalue weighted by Gasteiger charge is 2.38. The zero-order chi connectivity index (χ0) is 13.4. The quantitative estimate of drug-likeness (QED) is 0.905. The number of aromatic nitrogens is 1. The number of rotatable bonds is 2. The number of anilines is 1. The highest BCUT2D eigenvalue weighted by atomic mass is 35.5. The molecule has 19 heavy (non-hydrogen) atoms. The topological polar surface area (TPSA) is 45.2 Å². The van der Waals surface area contributed by atoms with Crippen molar-refractivity contribution in [3.05, 3.63) is 22.8 Å². The lowest BCUT2D eigenvalue weighted by Crippen LogP contribution is -2.30. The first-order valence-corrected chi connectivity index (χ1v) is 7.20. The van der Waals surface area contributed by atoms with Gasteiger partial charge in [0.15, 0.2) is 0 Å². The van der Waals surface area contributed by atoms with Crippen LogP contribution in [0, 0.1) is 11.8 Å². The smallest absolute Gasteiger partial charge is 0.274 e. The van der Waals surface area contributed by atoms with Gasteiger partial charge in [0.2, 0.25) is 0 Å². The Morgan fingerprint density at radius 2 is 2.05 bits per heavy atom. The molecule has 0 bridgehead atoms. The number of nitrogens with one attached hydrogen (secondary N) is 1. The first-order chi connectivity index (χ1) is 9.19. The van der Waals surface area contributed by atoms with Gasteiger partial charge in [-0.05, 0) is 36.8 Å². The maximum absolute atomic E-state index is 12.5. The Morgan fingerprint density at radius 1 is 1.37 bits per heavy atom. The van der Waals surface area contributed by atoms with Crippen molar-refractivity contribution >= 4 is 23.3 Å². The van der Waals surface area contributed by atoms with Crippen molar-refractivity contribution in [2.75, 3.05) is 25.5 Å². The number of fused-ring (bicyclic) bond motifs is 1. The van der Waals surface area contributed by atoms with Crippen LogP contribution >= 0.6 is 11.6 Å². The Morgan fingerprint density at radius 3 is 2.68 bits per heavy atom. The van der Waals surface area contributed by atoms with Gasteiger partial charge < -0.3 is 10.2 Å². The van der Waals surface area contributed by atoms with Crippen molar-refractivity contribution in [2.24, 2.45) is 11.8 Å². The van der Waals surface area contributed by atoms with E-state index in [4.69, 9.17) is 11.6 Å². The summed E-state index contributed by atoms with van der Waals surface area (Å²) in [6, 6.07) is 3.50. The molecule has 2 aliphatic rings. The Labute approximate surface area is 118 Å². The van der Waals surface area contributed by atoms with E-state index in [-0.39, 0.29) is 5.91 Å². The second kappa shape index (κ2) is 5.00. The van der Waals surface area contributed by atoms with Gasteiger partial charge >= 0.3 is 0 Å². The minimum Gasteiger partial charge on any atom is -0.373 e. The third kappa shape index (κ3) is 2.29. The van der Waals surface area contributed by atoms with E-state index >= 15 is 0 Å². The first kappa shape index (κ1) is 12.7. The maximum Gasteiger partial charge on any atom is 0.274 e. The minimum absolute atomic E-state index is 0.0310. The number of carbonyl (C=O) groups is 1. The Bertz CT molecular complexity index is 493. The largest absolute Gasteiger partial charge is 0.373 e. The number of pyridine rings is 1. The summed E-state index contributed by atoms with van der Waals surface area (Å²) in [5.74, 6) is 2.02. The van der Waals surface area contributed by atoms with Crippen LogP contribution in [-0.2, 0) is 0 Å². The summed E-state index contributed by atoms with van der Waals surface area (Å²) in [6.07, 6.45) is 3.82. The van der Waals surface area contributed by atoms with Crippen LogP contribution in [0.4, 0.5) is 5.82 Å². The number of halogens is 1. The second-order valence-corrected chi connectivity index (χ2v) is 5.85. The summed E-state index contributed by atoms with van der Waals surface area (Å²) in [7, 11) is 1.78. The number of hydrogen-bond donors (Lipinski definition) is 1. The molecule has 1 saturated carbocycles. The van der Waals surface area contributed by atoms with Gasteiger partial charge in [-0.1, -0.05) is 18.0 Å². The van der Waals surface area contributed by atoms with Crippen molar-refractivity contribution < 1.29 is 4.79 Å². The van der Waals surface area contributed by atoms with Crippen molar-refractivity contribution in [2.45, 2.75) is 19.3 Å². The summed E-state index contributed by atoms with van der Waals surface area (Å²) >= 11 is 6.11. The van der Waals surface area contributed by atoms with Crippen molar-refractivity contribution in [1.82, 2.24) is 9.88 Å². The molecule has 1 N–H and O–H groups in total.